The molecule has 15 heavy (non-hydrogen) atoms. The first-order chi connectivity index (χ1) is 7.06. The molecular formula is C9H17NO5. The van der Waals surface area contributed by atoms with Gasteiger partial charge in [-0.15, -0.1) is 0 Å². The lowest BCUT2D eigenvalue weighted by Crippen LogP contribution is -2.34. The summed E-state index contributed by atoms with van der Waals surface area (Å²) in [6.45, 7) is 1.31. The molecule has 6 heteroatoms. The van der Waals surface area contributed by atoms with Crippen LogP contribution in [0.4, 0.5) is 0 Å². The van der Waals surface area contributed by atoms with Crippen LogP contribution >= 0.6 is 0 Å². The van der Waals surface area contributed by atoms with E-state index in [-0.39, 0.29) is 13.2 Å². The molecule has 0 aromatic heterocycles. The van der Waals surface area contributed by atoms with Gasteiger partial charge in [-0.3, -0.25) is 4.79 Å². The van der Waals surface area contributed by atoms with Gasteiger partial charge < -0.3 is 20.3 Å². The van der Waals surface area contributed by atoms with E-state index in [9.17, 15) is 14.7 Å². The number of ether oxygens (including phenoxy) is 1. The predicted octanol–water partition coefficient (Wildman–Crippen LogP) is -0.635. The molecule has 0 saturated carbocycles. The van der Waals surface area contributed by atoms with Crippen molar-refractivity contribution in [1.82, 2.24) is 5.32 Å². The first-order valence-electron chi connectivity index (χ1n) is 4.80. The Morgan fingerprint density at radius 1 is 1.40 bits per heavy atom. The van der Waals surface area contributed by atoms with Crippen LogP contribution in [-0.2, 0) is 14.3 Å². The third kappa shape index (κ3) is 9.17. The fourth-order valence-corrected chi connectivity index (χ4v) is 0.949. The van der Waals surface area contributed by atoms with Gasteiger partial charge in [-0.25, -0.2) is 4.79 Å². The molecular weight excluding hydrogens is 202 g/mol. The average molecular weight is 219 g/mol. The van der Waals surface area contributed by atoms with Crippen molar-refractivity contribution < 1.29 is 24.5 Å². The zero-order chi connectivity index (χ0) is 11.7. The SMILES string of the molecule is CCCC(O)CNC(=O)COCC(=O)O. The van der Waals surface area contributed by atoms with E-state index in [1.54, 1.807) is 0 Å². The van der Waals surface area contributed by atoms with E-state index in [2.05, 4.69) is 10.1 Å². The van der Waals surface area contributed by atoms with Crippen LogP contribution in [0.15, 0.2) is 0 Å². The average Bonchev–Trinajstić information content (AvgIpc) is 2.14. The first kappa shape index (κ1) is 13.9. The Hall–Kier alpha value is -1.14. The largest absolute Gasteiger partial charge is 0.480 e. The molecule has 0 spiro atoms. The summed E-state index contributed by atoms with van der Waals surface area (Å²) in [4.78, 5) is 21.0. The summed E-state index contributed by atoms with van der Waals surface area (Å²) in [6, 6.07) is 0. The predicted molar refractivity (Wildman–Crippen MR) is 52.4 cm³/mol. The molecule has 0 heterocycles. The highest BCUT2D eigenvalue weighted by Gasteiger charge is 2.06. The van der Waals surface area contributed by atoms with Crippen LogP contribution in [0.5, 0.6) is 0 Å². The minimum atomic E-state index is -1.12. The van der Waals surface area contributed by atoms with Crippen molar-refractivity contribution in [3.05, 3.63) is 0 Å². The van der Waals surface area contributed by atoms with Gasteiger partial charge in [0.25, 0.3) is 0 Å². The number of aliphatic hydroxyl groups is 1. The smallest absolute Gasteiger partial charge is 0.329 e. The lowest BCUT2D eigenvalue weighted by molar-refractivity contribution is -0.143. The second-order valence-corrected chi connectivity index (χ2v) is 3.13. The van der Waals surface area contributed by atoms with Crippen molar-refractivity contribution in [3.63, 3.8) is 0 Å². The molecule has 6 nitrogen and oxygen atoms in total. The van der Waals surface area contributed by atoms with Gasteiger partial charge in [0, 0.05) is 6.54 Å². The fourth-order valence-electron chi connectivity index (χ4n) is 0.949. The Bertz CT molecular complexity index is 207. The maximum absolute atomic E-state index is 11.0. The van der Waals surface area contributed by atoms with Crippen molar-refractivity contribution >= 4 is 11.9 Å². The molecule has 0 saturated heterocycles. The molecule has 1 unspecified atom stereocenters. The second kappa shape index (κ2) is 8.19. The van der Waals surface area contributed by atoms with Gasteiger partial charge in [-0.2, -0.15) is 0 Å². The summed E-state index contributed by atoms with van der Waals surface area (Å²) in [5, 5.41) is 19.9. The minimum absolute atomic E-state index is 0.170. The van der Waals surface area contributed by atoms with Gasteiger partial charge in [0.15, 0.2) is 0 Å². The minimum Gasteiger partial charge on any atom is -0.480 e. The van der Waals surface area contributed by atoms with Crippen LogP contribution in [0.1, 0.15) is 19.8 Å². The summed E-state index contributed by atoms with van der Waals surface area (Å²) >= 11 is 0. The van der Waals surface area contributed by atoms with Crippen LogP contribution in [0.2, 0.25) is 0 Å². The van der Waals surface area contributed by atoms with Crippen molar-refractivity contribution in [2.24, 2.45) is 0 Å². The lowest BCUT2D eigenvalue weighted by Gasteiger charge is -2.10. The quantitative estimate of drug-likeness (QED) is 0.505. The summed E-state index contributed by atoms with van der Waals surface area (Å²) in [6.07, 6.45) is 0.904. The number of hydrogen-bond acceptors (Lipinski definition) is 4. The van der Waals surface area contributed by atoms with E-state index >= 15 is 0 Å². The summed E-state index contributed by atoms with van der Waals surface area (Å²) < 4.78 is 4.56. The maximum Gasteiger partial charge on any atom is 0.329 e. The Kier molecular flexibility index (Phi) is 7.57. The standard InChI is InChI=1S/C9H17NO5/c1-2-3-7(11)4-10-8(12)5-15-6-9(13)14/h7,11H,2-6H2,1H3,(H,10,12)(H,13,14). The highest BCUT2D eigenvalue weighted by atomic mass is 16.5. The van der Waals surface area contributed by atoms with Crippen LogP contribution in [0.3, 0.4) is 0 Å². The van der Waals surface area contributed by atoms with E-state index < -0.39 is 24.6 Å². The Balaban J connectivity index is 3.44. The number of carbonyl (C=O) groups is 2. The molecule has 1 atom stereocenters. The fraction of sp³-hybridized carbons (Fsp3) is 0.778. The topological polar surface area (TPSA) is 95.9 Å². The monoisotopic (exact) mass is 219 g/mol. The maximum atomic E-state index is 11.0. The molecule has 0 aliphatic rings. The Morgan fingerprint density at radius 2 is 2.07 bits per heavy atom. The Morgan fingerprint density at radius 3 is 2.60 bits per heavy atom. The van der Waals surface area contributed by atoms with E-state index in [0.29, 0.717) is 6.42 Å². The number of carboxylic acid groups (broad SMARTS) is 1. The molecule has 0 bridgehead atoms. The molecule has 3 N–H and O–H groups in total. The van der Waals surface area contributed by atoms with Gasteiger partial charge in [-0.1, -0.05) is 13.3 Å². The van der Waals surface area contributed by atoms with E-state index in [0.717, 1.165) is 6.42 Å². The summed E-state index contributed by atoms with van der Waals surface area (Å²) in [5.74, 6) is -1.54. The van der Waals surface area contributed by atoms with Crippen LogP contribution in [0.25, 0.3) is 0 Å². The van der Waals surface area contributed by atoms with Crippen LogP contribution in [-0.4, -0.2) is 48.0 Å². The van der Waals surface area contributed by atoms with Crippen molar-refractivity contribution in [2.45, 2.75) is 25.9 Å². The zero-order valence-electron chi connectivity index (χ0n) is 8.73. The molecule has 0 fully saturated rings. The second-order valence-electron chi connectivity index (χ2n) is 3.13. The highest BCUT2D eigenvalue weighted by molar-refractivity contribution is 5.77. The zero-order valence-corrected chi connectivity index (χ0v) is 8.73. The first-order valence-corrected chi connectivity index (χ1v) is 4.80. The molecule has 0 aromatic carbocycles. The normalized spacial score (nSPS) is 12.1. The number of amides is 1. The third-order valence-corrected chi connectivity index (χ3v) is 1.62. The third-order valence-electron chi connectivity index (χ3n) is 1.62. The van der Waals surface area contributed by atoms with E-state index in [4.69, 9.17) is 5.11 Å². The van der Waals surface area contributed by atoms with Gasteiger partial charge in [0.1, 0.15) is 13.2 Å². The number of aliphatic hydroxyl groups excluding tert-OH is 1. The molecule has 88 valence electrons. The number of carbonyl (C=O) groups excluding carboxylic acids is 1. The molecule has 1 amide bonds. The highest BCUT2D eigenvalue weighted by Crippen LogP contribution is 1.93. The molecule has 0 rings (SSSR count). The van der Waals surface area contributed by atoms with Crippen molar-refractivity contribution in [2.75, 3.05) is 19.8 Å². The molecule has 0 aliphatic heterocycles. The van der Waals surface area contributed by atoms with E-state index in [1.807, 2.05) is 6.92 Å². The lowest BCUT2D eigenvalue weighted by atomic mass is 10.2. The van der Waals surface area contributed by atoms with E-state index in [1.165, 1.54) is 0 Å². The number of nitrogens with one attached hydrogen (secondary N) is 1. The Labute approximate surface area is 88.2 Å². The summed E-state index contributed by atoms with van der Waals surface area (Å²) in [7, 11) is 0. The number of hydrogen-bond donors (Lipinski definition) is 3. The van der Waals surface area contributed by atoms with Crippen molar-refractivity contribution in [1.29, 1.82) is 0 Å². The van der Waals surface area contributed by atoms with Gasteiger partial charge in [0.05, 0.1) is 6.10 Å². The van der Waals surface area contributed by atoms with Gasteiger partial charge in [-0.05, 0) is 6.42 Å². The summed E-state index contributed by atoms with van der Waals surface area (Å²) in [5.41, 5.74) is 0. The van der Waals surface area contributed by atoms with Gasteiger partial charge >= 0.3 is 5.97 Å². The van der Waals surface area contributed by atoms with Crippen LogP contribution < -0.4 is 5.32 Å². The van der Waals surface area contributed by atoms with Crippen molar-refractivity contribution in [3.8, 4) is 0 Å². The number of carboxylic acids is 1. The molecule has 0 aliphatic carbocycles. The molecule has 0 aromatic rings. The number of aliphatic carboxylic acids is 1. The molecule has 0 radical (unpaired) electrons. The van der Waals surface area contributed by atoms with Gasteiger partial charge in [0.2, 0.25) is 5.91 Å². The number of rotatable bonds is 8. The van der Waals surface area contributed by atoms with Crippen LogP contribution in [0, 0.1) is 0 Å².